The lowest BCUT2D eigenvalue weighted by molar-refractivity contribution is -0.127. The Morgan fingerprint density at radius 1 is 1.27 bits per heavy atom. The zero-order valence-electron chi connectivity index (χ0n) is 13.0. The third kappa shape index (κ3) is 4.29. The monoisotopic (exact) mass is 306 g/mol. The number of nitrogens with zero attached hydrogens (tertiary/aromatic N) is 1. The summed E-state index contributed by atoms with van der Waals surface area (Å²) in [4.78, 5) is 25.6. The Morgan fingerprint density at radius 2 is 1.91 bits per heavy atom. The fraction of sp³-hybridized carbons (Fsp3) is 0.500. The molecule has 2 rings (SSSR count). The molecular weight excluding hydrogens is 284 g/mol. The molecular formula is C16H22N2O4. The lowest BCUT2D eigenvalue weighted by Crippen LogP contribution is -2.49. The number of benzene rings is 1. The smallest absolute Gasteiger partial charge is 0.337 e. The molecule has 1 fully saturated rings. The second-order valence-corrected chi connectivity index (χ2v) is 5.23. The topological polar surface area (TPSA) is 67.9 Å². The van der Waals surface area contributed by atoms with Crippen molar-refractivity contribution in [1.82, 2.24) is 10.2 Å². The molecule has 22 heavy (non-hydrogen) atoms. The largest absolute Gasteiger partial charge is 0.465 e. The van der Waals surface area contributed by atoms with Gasteiger partial charge in [-0.2, -0.15) is 0 Å². The Bertz CT molecular complexity index is 509. The lowest BCUT2D eigenvalue weighted by Gasteiger charge is -2.31. The van der Waals surface area contributed by atoms with Crippen LogP contribution in [0.4, 0.5) is 0 Å². The van der Waals surface area contributed by atoms with Crippen molar-refractivity contribution >= 4 is 11.9 Å². The minimum absolute atomic E-state index is 0.000977. The van der Waals surface area contributed by atoms with Crippen molar-refractivity contribution in [2.45, 2.75) is 19.5 Å². The highest BCUT2D eigenvalue weighted by Gasteiger charge is 2.22. The van der Waals surface area contributed by atoms with Gasteiger partial charge < -0.3 is 14.8 Å². The molecule has 120 valence electrons. The van der Waals surface area contributed by atoms with Crippen LogP contribution in [-0.2, 0) is 20.8 Å². The number of hydrogen-bond donors (Lipinski definition) is 1. The van der Waals surface area contributed by atoms with Crippen LogP contribution in [0.15, 0.2) is 24.3 Å². The second-order valence-electron chi connectivity index (χ2n) is 5.23. The van der Waals surface area contributed by atoms with Crippen molar-refractivity contribution in [2.75, 3.05) is 33.4 Å². The molecule has 1 atom stereocenters. The van der Waals surface area contributed by atoms with Crippen LogP contribution in [0.25, 0.3) is 0 Å². The molecule has 1 saturated heterocycles. The number of methoxy groups -OCH3 is 1. The first-order valence-electron chi connectivity index (χ1n) is 7.38. The zero-order valence-corrected chi connectivity index (χ0v) is 13.0. The Balaban J connectivity index is 1.83. The third-order valence-corrected chi connectivity index (χ3v) is 3.81. The summed E-state index contributed by atoms with van der Waals surface area (Å²) in [6.07, 6.45) is 0. The molecule has 6 heteroatoms. The van der Waals surface area contributed by atoms with Gasteiger partial charge in [0.05, 0.1) is 31.9 Å². The van der Waals surface area contributed by atoms with E-state index in [4.69, 9.17) is 4.74 Å². The van der Waals surface area contributed by atoms with Crippen LogP contribution in [0.1, 0.15) is 22.8 Å². The molecule has 0 bridgehead atoms. The number of carbonyl (C=O) groups is 2. The number of ether oxygens (including phenoxy) is 2. The van der Waals surface area contributed by atoms with Gasteiger partial charge in [0.15, 0.2) is 0 Å². The van der Waals surface area contributed by atoms with Crippen LogP contribution in [0.2, 0.25) is 0 Å². The van der Waals surface area contributed by atoms with Gasteiger partial charge in [0.2, 0.25) is 5.91 Å². The van der Waals surface area contributed by atoms with Gasteiger partial charge in [0, 0.05) is 19.6 Å². The maximum absolute atomic E-state index is 12.2. The average Bonchev–Trinajstić information content (AvgIpc) is 2.59. The van der Waals surface area contributed by atoms with Crippen molar-refractivity contribution in [3.05, 3.63) is 35.4 Å². The first-order chi connectivity index (χ1) is 10.6. The summed E-state index contributed by atoms with van der Waals surface area (Å²) >= 11 is 0. The summed E-state index contributed by atoms with van der Waals surface area (Å²) in [7, 11) is 1.35. The van der Waals surface area contributed by atoms with Gasteiger partial charge in [-0.3, -0.25) is 9.69 Å². The quantitative estimate of drug-likeness (QED) is 0.815. The van der Waals surface area contributed by atoms with Gasteiger partial charge in [0.25, 0.3) is 0 Å². The molecule has 1 heterocycles. The van der Waals surface area contributed by atoms with E-state index in [2.05, 4.69) is 15.0 Å². The fourth-order valence-corrected chi connectivity index (χ4v) is 2.34. The Kier molecular flexibility index (Phi) is 5.91. The SMILES string of the molecule is COC(=O)c1ccc(CNC(=O)C(C)N2CCOCC2)cc1. The van der Waals surface area contributed by atoms with E-state index in [1.54, 1.807) is 12.1 Å². The number of morpholine rings is 1. The molecule has 6 nitrogen and oxygen atoms in total. The number of amides is 1. The predicted octanol–water partition coefficient (Wildman–Crippen LogP) is 0.810. The number of nitrogens with one attached hydrogen (secondary N) is 1. The Morgan fingerprint density at radius 3 is 2.50 bits per heavy atom. The van der Waals surface area contributed by atoms with E-state index in [0.29, 0.717) is 25.3 Å². The fourth-order valence-electron chi connectivity index (χ4n) is 2.34. The molecule has 0 aromatic heterocycles. The van der Waals surface area contributed by atoms with E-state index in [9.17, 15) is 9.59 Å². The number of hydrogen-bond acceptors (Lipinski definition) is 5. The van der Waals surface area contributed by atoms with Crippen molar-refractivity contribution in [3.63, 3.8) is 0 Å². The summed E-state index contributed by atoms with van der Waals surface area (Å²) in [5.41, 5.74) is 1.44. The number of rotatable bonds is 5. The molecule has 1 aliphatic rings. The maximum Gasteiger partial charge on any atom is 0.337 e. The van der Waals surface area contributed by atoms with Crippen molar-refractivity contribution in [1.29, 1.82) is 0 Å². The zero-order chi connectivity index (χ0) is 15.9. The van der Waals surface area contributed by atoms with Crippen LogP contribution in [0, 0.1) is 0 Å². The predicted molar refractivity (Wildman–Crippen MR) is 81.5 cm³/mol. The van der Waals surface area contributed by atoms with Gasteiger partial charge in [-0.15, -0.1) is 0 Å². The molecule has 0 aliphatic carbocycles. The average molecular weight is 306 g/mol. The van der Waals surface area contributed by atoms with Gasteiger partial charge in [-0.25, -0.2) is 4.79 Å². The highest BCUT2D eigenvalue weighted by atomic mass is 16.5. The van der Waals surface area contributed by atoms with E-state index in [0.717, 1.165) is 18.7 Å². The van der Waals surface area contributed by atoms with E-state index in [1.165, 1.54) is 7.11 Å². The minimum Gasteiger partial charge on any atom is -0.465 e. The van der Waals surface area contributed by atoms with Crippen LogP contribution < -0.4 is 5.32 Å². The van der Waals surface area contributed by atoms with Crippen LogP contribution >= 0.6 is 0 Å². The van der Waals surface area contributed by atoms with E-state index >= 15 is 0 Å². The molecule has 0 radical (unpaired) electrons. The first-order valence-corrected chi connectivity index (χ1v) is 7.38. The summed E-state index contributed by atoms with van der Waals surface area (Å²) in [6, 6.07) is 6.84. The van der Waals surface area contributed by atoms with Crippen molar-refractivity contribution < 1.29 is 19.1 Å². The third-order valence-electron chi connectivity index (χ3n) is 3.81. The van der Waals surface area contributed by atoms with Crippen LogP contribution in [-0.4, -0.2) is 56.2 Å². The highest BCUT2D eigenvalue weighted by Crippen LogP contribution is 2.07. The molecule has 1 aromatic rings. The van der Waals surface area contributed by atoms with E-state index in [1.807, 2.05) is 19.1 Å². The van der Waals surface area contributed by atoms with Gasteiger partial charge in [-0.05, 0) is 24.6 Å². The highest BCUT2D eigenvalue weighted by molar-refractivity contribution is 5.89. The Labute approximate surface area is 130 Å². The standard InChI is InChI=1S/C16H22N2O4/c1-12(18-7-9-22-10-8-18)15(19)17-11-13-3-5-14(6-4-13)16(20)21-2/h3-6,12H,7-11H2,1-2H3,(H,17,19). The van der Waals surface area contributed by atoms with Crippen molar-refractivity contribution in [3.8, 4) is 0 Å². The molecule has 1 aliphatic heterocycles. The molecule has 1 unspecified atom stereocenters. The van der Waals surface area contributed by atoms with Gasteiger partial charge in [0.1, 0.15) is 0 Å². The normalized spacial score (nSPS) is 16.8. The van der Waals surface area contributed by atoms with Crippen molar-refractivity contribution in [2.24, 2.45) is 0 Å². The minimum atomic E-state index is -0.364. The van der Waals surface area contributed by atoms with E-state index < -0.39 is 0 Å². The van der Waals surface area contributed by atoms with Gasteiger partial charge in [-0.1, -0.05) is 12.1 Å². The number of carbonyl (C=O) groups excluding carboxylic acids is 2. The second kappa shape index (κ2) is 7.91. The molecule has 1 N–H and O–H groups in total. The molecule has 1 amide bonds. The van der Waals surface area contributed by atoms with Crippen LogP contribution in [0.5, 0.6) is 0 Å². The number of esters is 1. The molecule has 1 aromatic carbocycles. The maximum atomic E-state index is 12.2. The summed E-state index contributed by atoms with van der Waals surface area (Å²) in [5.74, 6) is -0.365. The lowest BCUT2D eigenvalue weighted by atomic mass is 10.1. The Hall–Kier alpha value is -1.92. The van der Waals surface area contributed by atoms with E-state index in [-0.39, 0.29) is 17.9 Å². The first kappa shape index (κ1) is 16.5. The van der Waals surface area contributed by atoms with Crippen LogP contribution in [0.3, 0.4) is 0 Å². The summed E-state index contributed by atoms with van der Waals surface area (Å²) < 4.78 is 9.94. The summed E-state index contributed by atoms with van der Waals surface area (Å²) in [5, 5.41) is 2.92. The van der Waals surface area contributed by atoms with Gasteiger partial charge >= 0.3 is 5.97 Å². The summed E-state index contributed by atoms with van der Waals surface area (Å²) in [6.45, 7) is 5.25. The molecule has 0 saturated carbocycles. The molecule has 0 spiro atoms.